The maximum Gasteiger partial charge on any atom is 0.138 e. The number of anilines is 4. The first kappa shape index (κ1) is 43.8. The van der Waals surface area contributed by atoms with Gasteiger partial charge in [0.15, 0.2) is 0 Å². The van der Waals surface area contributed by atoms with Crippen molar-refractivity contribution >= 4 is 44.6 Å². The van der Waals surface area contributed by atoms with Gasteiger partial charge >= 0.3 is 0 Å². The summed E-state index contributed by atoms with van der Waals surface area (Å²) in [5.41, 5.74) is 18.2. The number of rotatable bonds is 7. The van der Waals surface area contributed by atoms with Crippen LogP contribution < -0.4 is 14.5 Å². The summed E-state index contributed by atoms with van der Waals surface area (Å²) < 4.78 is 9.13. The van der Waals surface area contributed by atoms with Gasteiger partial charge < -0.3 is 14.5 Å². The van der Waals surface area contributed by atoms with Crippen molar-refractivity contribution < 1.29 is 4.74 Å². The van der Waals surface area contributed by atoms with Gasteiger partial charge in [0.2, 0.25) is 0 Å². The third kappa shape index (κ3) is 8.26. The number of fused-ring (bicyclic) bond motifs is 4. The van der Waals surface area contributed by atoms with E-state index in [2.05, 4.69) is 248 Å². The van der Waals surface area contributed by atoms with Gasteiger partial charge in [0, 0.05) is 40.5 Å². The Bertz CT molecular complexity index is 3320. The standard InChI is InChI=1S/C62H62N4O/c1-40-30-46(61(6,7)8)31-41(2)59(40)43-28-29-63-58(34-43)66-54-23-16-15-22-52(54)53-26-25-51(38-56(53)66)67-50-21-17-20-48(37-50)64-39-65(57-36-45(60(3,4)5)24-27-55(57)64)49-33-44(42-18-13-12-14-19-42)32-47(35-49)62(9,10)11/h12-38H,39H2,1-11H3. The molecule has 0 fully saturated rings. The minimum Gasteiger partial charge on any atom is -0.457 e. The molecule has 7 aromatic carbocycles. The summed E-state index contributed by atoms with van der Waals surface area (Å²) in [6.07, 6.45) is 1.94. The molecule has 0 aliphatic carbocycles. The smallest absolute Gasteiger partial charge is 0.138 e. The average molecular weight is 879 g/mol. The molecule has 9 aromatic rings. The van der Waals surface area contributed by atoms with Crippen LogP contribution in [-0.2, 0) is 16.2 Å². The van der Waals surface area contributed by atoms with Crippen LogP contribution in [0.1, 0.15) is 90.1 Å². The molecule has 1 aliphatic rings. The van der Waals surface area contributed by atoms with Gasteiger partial charge in [0.05, 0.1) is 22.4 Å². The fraction of sp³-hybridized carbons (Fsp3) is 0.242. The minimum atomic E-state index is -0.0319. The molecule has 67 heavy (non-hydrogen) atoms. The van der Waals surface area contributed by atoms with Crippen LogP contribution >= 0.6 is 0 Å². The zero-order valence-electron chi connectivity index (χ0n) is 41.0. The summed E-state index contributed by atoms with van der Waals surface area (Å²) in [5.74, 6) is 2.41. The Hall–Kier alpha value is -7.11. The van der Waals surface area contributed by atoms with Gasteiger partial charge in [0.1, 0.15) is 24.0 Å². The highest BCUT2D eigenvalue weighted by molar-refractivity contribution is 6.09. The number of aryl methyl sites for hydroxylation is 2. The first-order chi connectivity index (χ1) is 31.9. The second kappa shape index (κ2) is 16.3. The van der Waals surface area contributed by atoms with Crippen molar-refractivity contribution in [2.75, 3.05) is 16.5 Å². The number of para-hydroxylation sites is 1. The number of hydrogen-bond donors (Lipinski definition) is 0. The molecule has 5 nitrogen and oxygen atoms in total. The van der Waals surface area contributed by atoms with Crippen molar-refractivity contribution in [3.63, 3.8) is 0 Å². The van der Waals surface area contributed by atoms with Gasteiger partial charge in [-0.2, -0.15) is 0 Å². The number of aromatic nitrogens is 2. The van der Waals surface area contributed by atoms with Crippen LogP contribution in [0.25, 0.3) is 49.9 Å². The predicted molar refractivity (Wildman–Crippen MR) is 284 cm³/mol. The Morgan fingerprint density at radius 2 is 1.10 bits per heavy atom. The van der Waals surface area contributed by atoms with E-state index in [-0.39, 0.29) is 16.2 Å². The van der Waals surface area contributed by atoms with Crippen molar-refractivity contribution in [2.45, 2.75) is 92.4 Å². The quantitative estimate of drug-likeness (QED) is 0.160. The topological polar surface area (TPSA) is 33.5 Å². The highest BCUT2D eigenvalue weighted by atomic mass is 16.5. The number of hydrogen-bond acceptors (Lipinski definition) is 4. The molecular formula is C62H62N4O. The van der Waals surface area contributed by atoms with Crippen LogP contribution in [0.2, 0.25) is 0 Å². The van der Waals surface area contributed by atoms with Crippen molar-refractivity contribution in [1.29, 1.82) is 0 Å². The third-order valence-corrected chi connectivity index (χ3v) is 13.6. The summed E-state index contributed by atoms with van der Waals surface area (Å²) >= 11 is 0. The molecule has 336 valence electrons. The summed E-state index contributed by atoms with van der Waals surface area (Å²) in [6, 6.07) is 57.5. The Balaban J connectivity index is 1.02. The normalized spacial score (nSPS) is 13.2. The Morgan fingerprint density at radius 1 is 0.448 bits per heavy atom. The maximum atomic E-state index is 6.84. The molecule has 10 rings (SSSR count). The summed E-state index contributed by atoms with van der Waals surface area (Å²) in [5, 5.41) is 2.33. The number of benzene rings is 7. The average Bonchev–Trinajstić information content (AvgIpc) is 3.84. The fourth-order valence-electron chi connectivity index (χ4n) is 9.83. The monoisotopic (exact) mass is 878 g/mol. The van der Waals surface area contributed by atoms with Crippen LogP contribution in [0.15, 0.2) is 164 Å². The summed E-state index contributed by atoms with van der Waals surface area (Å²) in [4.78, 5) is 9.91. The van der Waals surface area contributed by atoms with E-state index in [0.29, 0.717) is 6.67 Å². The first-order valence-electron chi connectivity index (χ1n) is 23.7. The van der Waals surface area contributed by atoms with Gasteiger partial charge in [0.25, 0.3) is 0 Å². The van der Waals surface area contributed by atoms with E-state index in [0.717, 1.165) is 45.0 Å². The van der Waals surface area contributed by atoms with Gasteiger partial charge in [-0.3, -0.25) is 4.57 Å². The SMILES string of the molecule is Cc1cc(C(C)(C)C)cc(C)c1-c1ccnc(-n2c3ccccc3c3ccc(Oc4cccc(N5CN(c6cc(-c7ccccc7)cc(C(C)(C)C)c6)c6cc(C(C)(C)C)ccc65)c4)cc32)c1. The van der Waals surface area contributed by atoms with E-state index in [4.69, 9.17) is 9.72 Å². The molecule has 0 amide bonds. The number of pyridine rings is 1. The second-order valence-electron chi connectivity index (χ2n) is 21.6. The van der Waals surface area contributed by atoms with Crippen LogP contribution in [0.5, 0.6) is 11.5 Å². The Labute approximate surface area is 397 Å². The third-order valence-electron chi connectivity index (χ3n) is 13.6. The first-order valence-corrected chi connectivity index (χ1v) is 23.7. The molecule has 0 N–H and O–H groups in total. The van der Waals surface area contributed by atoms with Gasteiger partial charge in [-0.1, -0.05) is 141 Å². The minimum absolute atomic E-state index is 0.00749. The lowest BCUT2D eigenvalue weighted by Crippen LogP contribution is -2.24. The maximum absolute atomic E-state index is 6.84. The van der Waals surface area contributed by atoms with Crippen molar-refractivity contribution in [3.05, 3.63) is 192 Å². The molecule has 2 aromatic heterocycles. The second-order valence-corrected chi connectivity index (χ2v) is 21.6. The zero-order chi connectivity index (χ0) is 47.0. The molecule has 0 saturated carbocycles. The molecular weight excluding hydrogens is 817 g/mol. The Kier molecular flexibility index (Phi) is 10.7. The lowest BCUT2D eigenvalue weighted by molar-refractivity contribution is 0.483. The molecule has 0 saturated heterocycles. The largest absolute Gasteiger partial charge is 0.457 e. The van der Waals surface area contributed by atoms with Crippen LogP contribution in [0.4, 0.5) is 22.7 Å². The van der Waals surface area contributed by atoms with E-state index in [1.807, 2.05) is 6.20 Å². The highest BCUT2D eigenvalue weighted by Gasteiger charge is 2.31. The molecule has 3 heterocycles. The van der Waals surface area contributed by atoms with E-state index in [9.17, 15) is 0 Å². The predicted octanol–water partition coefficient (Wildman–Crippen LogP) is 17.1. The van der Waals surface area contributed by atoms with E-state index >= 15 is 0 Å². The van der Waals surface area contributed by atoms with Crippen molar-refractivity contribution in [2.24, 2.45) is 0 Å². The molecule has 0 unspecified atom stereocenters. The van der Waals surface area contributed by atoms with Crippen LogP contribution in [0.3, 0.4) is 0 Å². The molecule has 1 aliphatic heterocycles. The molecule has 5 heteroatoms. The van der Waals surface area contributed by atoms with Gasteiger partial charge in [-0.25, -0.2) is 4.98 Å². The molecule has 0 atom stereocenters. The zero-order valence-corrected chi connectivity index (χ0v) is 41.0. The van der Waals surface area contributed by atoms with E-state index < -0.39 is 0 Å². The lowest BCUT2D eigenvalue weighted by atomic mass is 9.83. The van der Waals surface area contributed by atoms with Crippen LogP contribution in [0, 0.1) is 13.8 Å². The van der Waals surface area contributed by atoms with Crippen molar-refractivity contribution in [3.8, 4) is 39.6 Å². The van der Waals surface area contributed by atoms with E-state index in [1.54, 1.807) is 0 Å². The number of nitrogens with zero attached hydrogens (tertiary/aromatic N) is 4. The molecule has 0 bridgehead atoms. The summed E-state index contributed by atoms with van der Waals surface area (Å²) in [7, 11) is 0. The lowest BCUT2D eigenvalue weighted by Gasteiger charge is -2.27. The fourth-order valence-corrected chi connectivity index (χ4v) is 9.83. The number of ether oxygens (including phenoxy) is 1. The van der Waals surface area contributed by atoms with Gasteiger partial charge in [-0.15, -0.1) is 0 Å². The van der Waals surface area contributed by atoms with Gasteiger partial charge in [-0.05, 0) is 147 Å². The molecule has 0 spiro atoms. The highest BCUT2D eigenvalue weighted by Crippen LogP contribution is 2.48. The summed E-state index contributed by atoms with van der Waals surface area (Å²) in [6.45, 7) is 25.7. The van der Waals surface area contributed by atoms with Crippen molar-refractivity contribution in [1.82, 2.24) is 9.55 Å². The van der Waals surface area contributed by atoms with Crippen LogP contribution in [-0.4, -0.2) is 16.2 Å². The Morgan fingerprint density at radius 3 is 1.84 bits per heavy atom. The molecule has 0 radical (unpaired) electrons. The van der Waals surface area contributed by atoms with E-state index in [1.165, 1.54) is 67.0 Å².